The fourth-order valence-electron chi connectivity index (χ4n) is 2.99. The van der Waals surface area contributed by atoms with Crippen molar-refractivity contribution in [3.05, 3.63) is 29.7 Å². The van der Waals surface area contributed by atoms with Gasteiger partial charge in [-0.25, -0.2) is 0 Å². The van der Waals surface area contributed by atoms with Gasteiger partial charge in [0.15, 0.2) is 5.65 Å². The molecule has 0 spiro atoms. The van der Waals surface area contributed by atoms with Crippen molar-refractivity contribution in [2.45, 2.75) is 31.4 Å². The van der Waals surface area contributed by atoms with E-state index in [-0.39, 0.29) is 11.8 Å². The number of hydrogen-bond acceptors (Lipinski definition) is 3. The second kappa shape index (κ2) is 4.73. The van der Waals surface area contributed by atoms with Crippen LogP contribution in [0.1, 0.15) is 36.6 Å². The first-order valence-electron chi connectivity index (χ1n) is 6.62. The molecule has 1 aliphatic carbocycles. The monoisotopic (exact) mass is 284 g/mol. The molecular formula is C13H15F3N4. The van der Waals surface area contributed by atoms with Crippen LogP contribution in [0, 0.1) is 5.92 Å². The first-order chi connectivity index (χ1) is 9.50. The molecule has 108 valence electrons. The van der Waals surface area contributed by atoms with Gasteiger partial charge in [0, 0.05) is 12.1 Å². The van der Waals surface area contributed by atoms with E-state index in [1.807, 2.05) is 0 Å². The lowest BCUT2D eigenvalue weighted by Crippen LogP contribution is -2.19. The highest BCUT2D eigenvalue weighted by atomic mass is 19.4. The van der Waals surface area contributed by atoms with Crippen LogP contribution in [-0.2, 0) is 6.18 Å². The molecule has 2 unspecified atom stereocenters. The Labute approximate surface area is 113 Å². The molecule has 0 amide bonds. The van der Waals surface area contributed by atoms with Crippen molar-refractivity contribution >= 4 is 5.65 Å². The number of alkyl halides is 3. The predicted octanol–water partition coefficient (Wildman–Crippen LogP) is 2.59. The number of pyridine rings is 1. The van der Waals surface area contributed by atoms with E-state index in [1.165, 1.54) is 10.5 Å². The molecule has 0 aromatic carbocycles. The van der Waals surface area contributed by atoms with Crippen LogP contribution < -0.4 is 5.73 Å². The summed E-state index contributed by atoms with van der Waals surface area (Å²) in [5, 5.41) is 8.05. The lowest BCUT2D eigenvalue weighted by Gasteiger charge is -2.16. The van der Waals surface area contributed by atoms with Crippen molar-refractivity contribution in [2.75, 3.05) is 6.54 Å². The summed E-state index contributed by atoms with van der Waals surface area (Å²) < 4.78 is 39.9. The number of hydrogen-bond donors (Lipinski definition) is 1. The molecule has 20 heavy (non-hydrogen) atoms. The van der Waals surface area contributed by atoms with Gasteiger partial charge in [-0.1, -0.05) is 6.42 Å². The topological polar surface area (TPSA) is 56.2 Å². The number of aromatic nitrogens is 3. The normalized spacial score (nSPS) is 23.6. The largest absolute Gasteiger partial charge is 0.417 e. The smallest absolute Gasteiger partial charge is 0.330 e. The molecule has 2 aromatic heterocycles. The summed E-state index contributed by atoms with van der Waals surface area (Å²) in [4.78, 5) is 0. The highest BCUT2D eigenvalue weighted by Gasteiger charge is 2.34. The standard InChI is InChI=1S/C13H15F3N4/c14-13(15,16)9-4-5-11-18-19-12(20(11)7-9)10-3-1-2-8(10)6-17/h4-5,7-8,10H,1-3,6,17H2. The SMILES string of the molecule is NCC1CCCC1c1nnc2ccc(C(F)(F)F)cn12. The van der Waals surface area contributed by atoms with Gasteiger partial charge >= 0.3 is 6.18 Å². The molecular weight excluding hydrogens is 269 g/mol. The molecule has 4 nitrogen and oxygen atoms in total. The Morgan fingerprint density at radius 3 is 2.75 bits per heavy atom. The minimum absolute atomic E-state index is 0.0958. The Kier molecular flexibility index (Phi) is 3.16. The van der Waals surface area contributed by atoms with E-state index in [4.69, 9.17) is 5.73 Å². The Morgan fingerprint density at radius 1 is 1.25 bits per heavy atom. The van der Waals surface area contributed by atoms with Crippen LogP contribution in [0.25, 0.3) is 5.65 Å². The van der Waals surface area contributed by atoms with E-state index in [9.17, 15) is 13.2 Å². The molecule has 2 atom stereocenters. The maximum Gasteiger partial charge on any atom is 0.417 e. The van der Waals surface area contributed by atoms with Crippen LogP contribution in [0.5, 0.6) is 0 Å². The highest BCUT2D eigenvalue weighted by molar-refractivity contribution is 5.40. The van der Waals surface area contributed by atoms with E-state index >= 15 is 0 Å². The van der Waals surface area contributed by atoms with Crippen molar-refractivity contribution in [3.8, 4) is 0 Å². The summed E-state index contributed by atoms with van der Waals surface area (Å²) in [6.45, 7) is 0.526. The van der Waals surface area contributed by atoms with Crippen LogP contribution in [0.3, 0.4) is 0 Å². The maximum absolute atomic E-state index is 12.8. The van der Waals surface area contributed by atoms with Crippen molar-refractivity contribution < 1.29 is 13.2 Å². The van der Waals surface area contributed by atoms with E-state index in [2.05, 4.69) is 10.2 Å². The van der Waals surface area contributed by atoms with Gasteiger partial charge in [-0.3, -0.25) is 4.40 Å². The third-order valence-corrected chi connectivity index (χ3v) is 4.05. The van der Waals surface area contributed by atoms with Crippen molar-refractivity contribution in [3.63, 3.8) is 0 Å². The van der Waals surface area contributed by atoms with Gasteiger partial charge in [0.05, 0.1) is 5.56 Å². The van der Waals surface area contributed by atoms with Crippen LogP contribution in [0.15, 0.2) is 18.3 Å². The fourth-order valence-corrected chi connectivity index (χ4v) is 2.99. The molecule has 0 saturated heterocycles. The Balaban J connectivity index is 2.07. The molecule has 2 N–H and O–H groups in total. The predicted molar refractivity (Wildman–Crippen MR) is 67.1 cm³/mol. The molecule has 2 aromatic rings. The lowest BCUT2D eigenvalue weighted by atomic mass is 9.95. The molecule has 2 heterocycles. The van der Waals surface area contributed by atoms with Gasteiger partial charge in [0.2, 0.25) is 0 Å². The first-order valence-corrected chi connectivity index (χ1v) is 6.62. The molecule has 0 aliphatic heterocycles. The van der Waals surface area contributed by atoms with Gasteiger partial charge in [-0.2, -0.15) is 13.2 Å². The molecule has 1 saturated carbocycles. The summed E-state index contributed by atoms with van der Waals surface area (Å²) in [7, 11) is 0. The second-order valence-corrected chi connectivity index (χ2v) is 5.24. The summed E-state index contributed by atoms with van der Waals surface area (Å²) >= 11 is 0. The zero-order valence-electron chi connectivity index (χ0n) is 10.8. The third-order valence-electron chi connectivity index (χ3n) is 4.05. The lowest BCUT2D eigenvalue weighted by molar-refractivity contribution is -0.137. The average Bonchev–Trinajstić information content (AvgIpc) is 3.02. The summed E-state index contributed by atoms with van der Waals surface area (Å²) in [6.07, 6.45) is -0.358. The molecule has 1 fully saturated rings. The van der Waals surface area contributed by atoms with Gasteiger partial charge in [0.25, 0.3) is 0 Å². The third kappa shape index (κ3) is 2.15. The van der Waals surface area contributed by atoms with Crippen molar-refractivity contribution in [1.82, 2.24) is 14.6 Å². The maximum atomic E-state index is 12.8. The number of nitrogens with two attached hydrogens (primary N) is 1. The molecule has 7 heteroatoms. The van der Waals surface area contributed by atoms with Gasteiger partial charge < -0.3 is 5.73 Å². The molecule has 3 rings (SSSR count). The summed E-state index contributed by atoms with van der Waals surface area (Å²) in [6, 6.07) is 2.38. The number of halogens is 3. The van der Waals surface area contributed by atoms with Crippen molar-refractivity contribution in [2.24, 2.45) is 11.7 Å². The van der Waals surface area contributed by atoms with E-state index < -0.39 is 11.7 Å². The van der Waals surface area contributed by atoms with Crippen LogP contribution >= 0.6 is 0 Å². The zero-order chi connectivity index (χ0) is 14.3. The quantitative estimate of drug-likeness (QED) is 0.922. The van der Waals surface area contributed by atoms with Crippen LogP contribution in [0.2, 0.25) is 0 Å². The number of fused-ring (bicyclic) bond motifs is 1. The molecule has 0 bridgehead atoms. The van der Waals surface area contributed by atoms with Crippen LogP contribution in [-0.4, -0.2) is 21.1 Å². The van der Waals surface area contributed by atoms with E-state index in [0.29, 0.717) is 18.0 Å². The fraction of sp³-hybridized carbons (Fsp3) is 0.538. The van der Waals surface area contributed by atoms with Gasteiger partial charge in [-0.05, 0) is 37.4 Å². The Morgan fingerprint density at radius 2 is 2.05 bits per heavy atom. The van der Waals surface area contributed by atoms with Gasteiger partial charge in [-0.15, -0.1) is 10.2 Å². The minimum atomic E-state index is -4.36. The Hall–Kier alpha value is -1.63. The van der Waals surface area contributed by atoms with E-state index in [1.54, 1.807) is 0 Å². The van der Waals surface area contributed by atoms with E-state index in [0.717, 1.165) is 31.5 Å². The summed E-state index contributed by atoms with van der Waals surface area (Å²) in [5.74, 6) is 0.967. The number of nitrogens with zero attached hydrogens (tertiary/aromatic N) is 3. The van der Waals surface area contributed by atoms with Crippen LogP contribution in [0.4, 0.5) is 13.2 Å². The molecule has 0 radical (unpaired) electrons. The molecule has 1 aliphatic rings. The highest BCUT2D eigenvalue weighted by Crippen LogP contribution is 2.38. The second-order valence-electron chi connectivity index (χ2n) is 5.24. The Bertz CT molecular complexity index is 620. The van der Waals surface area contributed by atoms with Gasteiger partial charge in [0.1, 0.15) is 5.82 Å². The number of rotatable bonds is 2. The van der Waals surface area contributed by atoms with Crippen molar-refractivity contribution in [1.29, 1.82) is 0 Å². The zero-order valence-corrected chi connectivity index (χ0v) is 10.8. The summed E-state index contributed by atoms with van der Waals surface area (Å²) in [5.41, 5.74) is 5.49. The average molecular weight is 284 g/mol. The first kappa shape index (κ1) is 13.4. The minimum Gasteiger partial charge on any atom is -0.330 e.